The lowest BCUT2D eigenvalue weighted by molar-refractivity contribution is -0.119. The Morgan fingerprint density at radius 1 is 1.47 bits per heavy atom. The summed E-state index contributed by atoms with van der Waals surface area (Å²) in [5.74, 6) is -0.196. The smallest absolute Gasteiger partial charge is 0.228 e. The number of ether oxygens (including phenoxy) is 2. The molecule has 1 saturated heterocycles. The number of rotatable bonds is 5. The Labute approximate surface area is 113 Å². The Morgan fingerprint density at radius 3 is 2.84 bits per heavy atom. The Morgan fingerprint density at radius 2 is 2.21 bits per heavy atom. The summed E-state index contributed by atoms with van der Waals surface area (Å²) >= 11 is 0. The van der Waals surface area contributed by atoms with E-state index < -0.39 is 0 Å². The van der Waals surface area contributed by atoms with Crippen molar-refractivity contribution in [2.45, 2.75) is 19.6 Å². The second-order valence-corrected chi connectivity index (χ2v) is 4.53. The van der Waals surface area contributed by atoms with Gasteiger partial charge in [-0.15, -0.1) is 0 Å². The second-order valence-electron chi connectivity index (χ2n) is 4.53. The summed E-state index contributed by atoms with van der Waals surface area (Å²) in [4.78, 5) is 12.0. The monoisotopic (exact) mass is 264 g/mol. The van der Waals surface area contributed by atoms with Gasteiger partial charge in [-0.1, -0.05) is 19.1 Å². The summed E-state index contributed by atoms with van der Waals surface area (Å²) in [6.45, 7) is 3.52. The lowest BCUT2D eigenvalue weighted by Crippen LogP contribution is -2.28. The van der Waals surface area contributed by atoms with Crippen LogP contribution in [-0.2, 0) is 14.3 Å². The summed E-state index contributed by atoms with van der Waals surface area (Å²) in [7, 11) is 0. The quantitative estimate of drug-likeness (QED) is 0.848. The first-order valence-electron chi connectivity index (χ1n) is 6.58. The van der Waals surface area contributed by atoms with Gasteiger partial charge in [0.25, 0.3) is 0 Å². The van der Waals surface area contributed by atoms with Crippen molar-refractivity contribution in [3.63, 3.8) is 0 Å². The van der Waals surface area contributed by atoms with Crippen LogP contribution in [0, 0.1) is 5.92 Å². The minimum absolute atomic E-state index is 0.0459. The molecule has 19 heavy (non-hydrogen) atoms. The standard InChI is InChI=1S/C14H20N2O3/c1-2-10(9-15)13(17)16-12-5-3-4-11(8-12)14-18-6-7-19-14/h3-5,8,10,14H,2,6-7,9,15H2,1H3,(H,16,17). The molecule has 0 bridgehead atoms. The van der Waals surface area contributed by atoms with E-state index in [1.165, 1.54) is 0 Å². The summed E-state index contributed by atoms with van der Waals surface area (Å²) in [5, 5.41) is 2.88. The SMILES string of the molecule is CCC(CN)C(=O)Nc1cccc(C2OCCO2)c1. The molecule has 1 heterocycles. The zero-order valence-corrected chi connectivity index (χ0v) is 11.1. The molecule has 0 aromatic heterocycles. The van der Waals surface area contributed by atoms with Crippen LogP contribution in [0.5, 0.6) is 0 Å². The zero-order valence-electron chi connectivity index (χ0n) is 11.1. The lowest BCUT2D eigenvalue weighted by atomic mass is 10.1. The van der Waals surface area contributed by atoms with Gasteiger partial charge >= 0.3 is 0 Å². The Bertz CT molecular complexity index is 426. The third-order valence-corrected chi connectivity index (χ3v) is 3.20. The first-order chi connectivity index (χ1) is 9.24. The van der Waals surface area contributed by atoms with Crippen LogP contribution in [0.1, 0.15) is 25.2 Å². The molecule has 1 aliphatic rings. The number of anilines is 1. The highest BCUT2D eigenvalue weighted by Crippen LogP contribution is 2.25. The second kappa shape index (κ2) is 6.65. The van der Waals surface area contributed by atoms with Crippen LogP contribution in [-0.4, -0.2) is 25.7 Å². The number of hydrogen-bond acceptors (Lipinski definition) is 4. The minimum atomic E-state index is -0.326. The zero-order chi connectivity index (χ0) is 13.7. The van der Waals surface area contributed by atoms with Crippen molar-refractivity contribution in [2.75, 3.05) is 25.1 Å². The van der Waals surface area contributed by atoms with Crippen LogP contribution < -0.4 is 11.1 Å². The van der Waals surface area contributed by atoms with Gasteiger partial charge in [-0.2, -0.15) is 0 Å². The predicted octanol–water partition coefficient (Wildman–Crippen LogP) is 1.66. The summed E-state index contributed by atoms with van der Waals surface area (Å²) in [6, 6.07) is 7.52. The van der Waals surface area contributed by atoms with E-state index in [-0.39, 0.29) is 18.1 Å². The number of hydrogen-bond donors (Lipinski definition) is 2. The van der Waals surface area contributed by atoms with E-state index >= 15 is 0 Å². The molecule has 3 N–H and O–H groups in total. The lowest BCUT2D eigenvalue weighted by Gasteiger charge is -2.14. The van der Waals surface area contributed by atoms with E-state index in [9.17, 15) is 4.79 Å². The van der Waals surface area contributed by atoms with Crippen molar-refractivity contribution in [2.24, 2.45) is 11.7 Å². The van der Waals surface area contributed by atoms with Crippen molar-refractivity contribution in [3.05, 3.63) is 29.8 Å². The van der Waals surface area contributed by atoms with Crippen LogP contribution in [0.3, 0.4) is 0 Å². The minimum Gasteiger partial charge on any atom is -0.346 e. The molecule has 5 nitrogen and oxygen atoms in total. The van der Waals surface area contributed by atoms with Crippen LogP contribution in [0.4, 0.5) is 5.69 Å². The van der Waals surface area contributed by atoms with E-state index in [4.69, 9.17) is 15.2 Å². The molecule has 1 aromatic rings. The molecule has 0 radical (unpaired) electrons. The molecule has 5 heteroatoms. The molecule has 1 aliphatic heterocycles. The molecule has 2 rings (SSSR count). The summed E-state index contributed by atoms with van der Waals surface area (Å²) < 4.78 is 10.9. The third kappa shape index (κ3) is 3.53. The Balaban J connectivity index is 2.04. The molecule has 1 unspecified atom stereocenters. The van der Waals surface area contributed by atoms with Gasteiger partial charge in [-0.05, 0) is 18.6 Å². The highest BCUT2D eigenvalue weighted by atomic mass is 16.7. The molecule has 0 aliphatic carbocycles. The van der Waals surface area contributed by atoms with Crippen LogP contribution in [0.2, 0.25) is 0 Å². The van der Waals surface area contributed by atoms with Crippen LogP contribution in [0.25, 0.3) is 0 Å². The van der Waals surface area contributed by atoms with Crippen LogP contribution in [0.15, 0.2) is 24.3 Å². The maximum Gasteiger partial charge on any atom is 0.228 e. The maximum absolute atomic E-state index is 12.0. The fourth-order valence-corrected chi connectivity index (χ4v) is 2.02. The fourth-order valence-electron chi connectivity index (χ4n) is 2.02. The first kappa shape index (κ1) is 14.0. The van der Waals surface area contributed by atoms with Crippen molar-refractivity contribution >= 4 is 11.6 Å². The van der Waals surface area contributed by atoms with Gasteiger partial charge < -0.3 is 20.5 Å². The molecule has 0 saturated carbocycles. The number of benzene rings is 1. The van der Waals surface area contributed by atoms with E-state index in [2.05, 4.69) is 5.32 Å². The van der Waals surface area contributed by atoms with Gasteiger partial charge in [0, 0.05) is 17.8 Å². The van der Waals surface area contributed by atoms with E-state index in [0.29, 0.717) is 19.8 Å². The molecule has 1 atom stereocenters. The summed E-state index contributed by atoms with van der Waals surface area (Å²) in [5.41, 5.74) is 7.22. The topological polar surface area (TPSA) is 73.6 Å². The Kier molecular flexibility index (Phi) is 4.90. The average molecular weight is 264 g/mol. The highest BCUT2D eigenvalue weighted by Gasteiger charge is 2.19. The third-order valence-electron chi connectivity index (χ3n) is 3.20. The van der Waals surface area contributed by atoms with Gasteiger partial charge in [-0.3, -0.25) is 4.79 Å². The number of carbonyl (C=O) groups is 1. The van der Waals surface area contributed by atoms with Crippen molar-refractivity contribution < 1.29 is 14.3 Å². The highest BCUT2D eigenvalue weighted by molar-refractivity contribution is 5.92. The number of nitrogens with one attached hydrogen (secondary N) is 1. The molecule has 1 fully saturated rings. The van der Waals surface area contributed by atoms with E-state index in [1.54, 1.807) is 0 Å². The van der Waals surface area contributed by atoms with Gasteiger partial charge in [0.15, 0.2) is 6.29 Å². The summed E-state index contributed by atoms with van der Waals surface area (Å²) in [6.07, 6.45) is 0.407. The number of nitrogens with two attached hydrogens (primary N) is 1. The molecular weight excluding hydrogens is 244 g/mol. The normalized spacial score (nSPS) is 17.4. The predicted molar refractivity (Wildman–Crippen MR) is 72.6 cm³/mol. The molecule has 1 aromatic carbocycles. The van der Waals surface area contributed by atoms with Crippen LogP contribution >= 0.6 is 0 Å². The number of carbonyl (C=O) groups excluding carboxylic acids is 1. The van der Waals surface area contributed by atoms with Crippen molar-refractivity contribution in [1.29, 1.82) is 0 Å². The number of amides is 1. The fraction of sp³-hybridized carbons (Fsp3) is 0.500. The molecule has 1 amide bonds. The molecule has 104 valence electrons. The molecular formula is C14H20N2O3. The van der Waals surface area contributed by atoms with E-state index in [0.717, 1.165) is 17.7 Å². The van der Waals surface area contributed by atoms with E-state index in [1.807, 2.05) is 31.2 Å². The van der Waals surface area contributed by atoms with Crippen molar-refractivity contribution in [3.8, 4) is 0 Å². The maximum atomic E-state index is 12.0. The average Bonchev–Trinajstić information content (AvgIpc) is 2.94. The Hall–Kier alpha value is -1.43. The van der Waals surface area contributed by atoms with Gasteiger partial charge in [0.05, 0.1) is 19.1 Å². The molecule has 0 spiro atoms. The van der Waals surface area contributed by atoms with Crippen molar-refractivity contribution in [1.82, 2.24) is 0 Å². The van der Waals surface area contributed by atoms with Gasteiger partial charge in [-0.25, -0.2) is 0 Å². The first-order valence-corrected chi connectivity index (χ1v) is 6.58. The van der Waals surface area contributed by atoms with Gasteiger partial charge in [0.1, 0.15) is 0 Å². The van der Waals surface area contributed by atoms with Gasteiger partial charge in [0.2, 0.25) is 5.91 Å². The largest absolute Gasteiger partial charge is 0.346 e.